The van der Waals surface area contributed by atoms with Gasteiger partial charge in [0.25, 0.3) is 0 Å². The summed E-state index contributed by atoms with van der Waals surface area (Å²) in [6, 6.07) is 7.09. The second-order valence-electron chi connectivity index (χ2n) is 2.79. The van der Waals surface area contributed by atoms with Gasteiger partial charge in [-0.15, -0.1) is 0 Å². The zero-order valence-corrected chi connectivity index (χ0v) is 7.43. The Kier molecular flexibility index (Phi) is 2.38. The fourth-order valence-electron chi connectivity index (χ4n) is 1.24. The number of carbonyl (C=O) groups excluding carboxylic acids is 1. The standard InChI is InChI=1S/C10H8N2O2/c13-7-12-9-3-1-8(2-4-9)10-11-5-6-14-10/h1-4H,5-6H2. The monoisotopic (exact) mass is 188 g/mol. The van der Waals surface area contributed by atoms with Gasteiger partial charge in [-0.25, -0.2) is 9.79 Å². The van der Waals surface area contributed by atoms with Crippen molar-refractivity contribution in [3.05, 3.63) is 29.8 Å². The van der Waals surface area contributed by atoms with E-state index in [1.807, 2.05) is 12.1 Å². The Morgan fingerprint density at radius 3 is 2.71 bits per heavy atom. The normalized spacial score (nSPS) is 14.1. The van der Waals surface area contributed by atoms with Crippen LogP contribution in [0.15, 0.2) is 34.3 Å². The molecular weight excluding hydrogens is 180 g/mol. The van der Waals surface area contributed by atoms with Crippen LogP contribution in [0.25, 0.3) is 0 Å². The molecule has 0 aliphatic carbocycles. The maximum atomic E-state index is 9.98. The summed E-state index contributed by atoms with van der Waals surface area (Å²) >= 11 is 0. The zero-order valence-electron chi connectivity index (χ0n) is 7.43. The van der Waals surface area contributed by atoms with Gasteiger partial charge in [0, 0.05) is 5.56 Å². The molecule has 0 N–H and O–H groups in total. The Balaban J connectivity index is 2.25. The lowest BCUT2D eigenvalue weighted by Crippen LogP contribution is -1.99. The summed E-state index contributed by atoms with van der Waals surface area (Å²) in [6.45, 7) is 1.35. The third-order valence-electron chi connectivity index (χ3n) is 1.87. The van der Waals surface area contributed by atoms with Crippen LogP contribution < -0.4 is 0 Å². The zero-order chi connectivity index (χ0) is 9.80. The fraction of sp³-hybridized carbons (Fsp3) is 0.200. The molecule has 0 atom stereocenters. The number of aliphatic imine (C=N–C) groups is 2. The van der Waals surface area contributed by atoms with Crippen LogP contribution in [0.4, 0.5) is 5.69 Å². The topological polar surface area (TPSA) is 51.0 Å². The van der Waals surface area contributed by atoms with Crippen molar-refractivity contribution < 1.29 is 9.53 Å². The number of rotatable bonds is 2. The molecule has 0 spiro atoms. The molecule has 4 heteroatoms. The first-order valence-corrected chi connectivity index (χ1v) is 4.26. The van der Waals surface area contributed by atoms with Gasteiger partial charge in [0.05, 0.1) is 12.2 Å². The predicted molar refractivity (Wildman–Crippen MR) is 51.6 cm³/mol. The van der Waals surface area contributed by atoms with Crippen molar-refractivity contribution in [3.8, 4) is 0 Å². The molecule has 4 nitrogen and oxygen atoms in total. The number of nitrogens with zero attached hydrogens (tertiary/aromatic N) is 2. The maximum absolute atomic E-state index is 9.98. The van der Waals surface area contributed by atoms with Gasteiger partial charge < -0.3 is 4.74 Å². The Labute approximate surface area is 81.0 Å². The van der Waals surface area contributed by atoms with E-state index in [2.05, 4.69) is 9.98 Å². The van der Waals surface area contributed by atoms with Crippen molar-refractivity contribution in [2.24, 2.45) is 9.98 Å². The van der Waals surface area contributed by atoms with E-state index in [1.54, 1.807) is 12.1 Å². The number of hydrogen-bond acceptors (Lipinski definition) is 4. The van der Waals surface area contributed by atoms with Gasteiger partial charge in [-0.2, -0.15) is 4.99 Å². The first-order valence-electron chi connectivity index (χ1n) is 4.26. The van der Waals surface area contributed by atoms with Crippen molar-refractivity contribution in [3.63, 3.8) is 0 Å². The molecule has 0 saturated heterocycles. The molecular formula is C10H8N2O2. The van der Waals surface area contributed by atoms with Crippen molar-refractivity contribution in [1.82, 2.24) is 0 Å². The summed E-state index contributed by atoms with van der Waals surface area (Å²) in [5, 5.41) is 0. The van der Waals surface area contributed by atoms with E-state index in [9.17, 15) is 4.79 Å². The van der Waals surface area contributed by atoms with Crippen LogP contribution in [0.3, 0.4) is 0 Å². The van der Waals surface area contributed by atoms with Crippen LogP contribution in [-0.2, 0) is 9.53 Å². The summed E-state index contributed by atoms with van der Waals surface area (Å²) in [5.41, 5.74) is 1.50. The van der Waals surface area contributed by atoms with E-state index in [0.717, 1.165) is 5.56 Å². The van der Waals surface area contributed by atoms with Crippen LogP contribution in [-0.4, -0.2) is 25.1 Å². The van der Waals surface area contributed by atoms with Crippen molar-refractivity contribution in [2.75, 3.05) is 13.2 Å². The average Bonchev–Trinajstić information content (AvgIpc) is 2.72. The largest absolute Gasteiger partial charge is 0.476 e. The van der Waals surface area contributed by atoms with Crippen LogP contribution in [0.5, 0.6) is 0 Å². The van der Waals surface area contributed by atoms with Gasteiger partial charge in [-0.1, -0.05) is 0 Å². The minimum absolute atomic E-state index is 0.586. The Hall–Kier alpha value is -1.93. The van der Waals surface area contributed by atoms with Crippen molar-refractivity contribution in [1.29, 1.82) is 0 Å². The number of hydrogen-bond donors (Lipinski definition) is 0. The molecule has 0 saturated carbocycles. The third kappa shape index (κ3) is 1.70. The Morgan fingerprint density at radius 1 is 1.36 bits per heavy atom. The van der Waals surface area contributed by atoms with Crippen LogP contribution in [0.2, 0.25) is 0 Å². The van der Waals surface area contributed by atoms with Gasteiger partial charge in [0.15, 0.2) is 0 Å². The number of benzene rings is 1. The number of ether oxygens (including phenoxy) is 1. The van der Waals surface area contributed by atoms with Crippen LogP contribution in [0, 0.1) is 0 Å². The molecule has 0 amide bonds. The lowest BCUT2D eigenvalue weighted by Gasteiger charge is -2.00. The minimum atomic E-state index is 0.586. The van der Waals surface area contributed by atoms with Gasteiger partial charge in [-0.3, -0.25) is 0 Å². The van der Waals surface area contributed by atoms with Gasteiger partial charge >= 0.3 is 0 Å². The molecule has 14 heavy (non-hydrogen) atoms. The molecule has 1 heterocycles. The van der Waals surface area contributed by atoms with E-state index in [0.29, 0.717) is 24.7 Å². The van der Waals surface area contributed by atoms with Crippen LogP contribution >= 0.6 is 0 Å². The van der Waals surface area contributed by atoms with E-state index in [-0.39, 0.29) is 0 Å². The van der Waals surface area contributed by atoms with Crippen molar-refractivity contribution >= 4 is 17.7 Å². The summed E-state index contributed by atoms with van der Waals surface area (Å²) in [4.78, 5) is 17.6. The molecule has 70 valence electrons. The Bertz CT molecular complexity index is 403. The van der Waals surface area contributed by atoms with Crippen molar-refractivity contribution in [2.45, 2.75) is 0 Å². The summed E-state index contributed by atoms with van der Waals surface area (Å²) in [7, 11) is 0. The quantitative estimate of drug-likeness (QED) is 0.520. The molecule has 0 bridgehead atoms. The molecule has 1 aliphatic rings. The second-order valence-corrected chi connectivity index (χ2v) is 2.79. The molecule has 1 aromatic rings. The highest BCUT2D eigenvalue weighted by Gasteiger charge is 2.09. The highest BCUT2D eigenvalue weighted by Crippen LogP contribution is 2.14. The smallest absolute Gasteiger partial charge is 0.240 e. The predicted octanol–water partition coefficient (Wildman–Crippen LogP) is 1.43. The van der Waals surface area contributed by atoms with E-state index in [4.69, 9.17) is 4.74 Å². The number of isocyanates is 1. The molecule has 1 aromatic carbocycles. The SMILES string of the molecule is O=C=Nc1ccc(C2=NCCO2)cc1. The first kappa shape index (κ1) is 8.66. The Morgan fingerprint density at radius 2 is 2.14 bits per heavy atom. The lowest BCUT2D eigenvalue weighted by molar-refractivity contribution is 0.348. The molecule has 1 aliphatic heterocycles. The second kappa shape index (κ2) is 3.85. The molecule has 2 rings (SSSR count). The summed E-state index contributed by atoms with van der Waals surface area (Å²) in [6.07, 6.45) is 1.49. The first-order chi connectivity index (χ1) is 6.90. The average molecular weight is 188 g/mol. The molecule has 0 radical (unpaired) electrons. The van der Waals surface area contributed by atoms with Gasteiger partial charge in [0.2, 0.25) is 12.0 Å². The molecule has 0 unspecified atom stereocenters. The van der Waals surface area contributed by atoms with E-state index in [1.165, 1.54) is 6.08 Å². The highest BCUT2D eigenvalue weighted by atomic mass is 16.5. The summed E-state index contributed by atoms with van der Waals surface area (Å²) in [5.74, 6) is 0.659. The highest BCUT2D eigenvalue weighted by molar-refractivity contribution is 5.95. The third-order valence-corrected chi connectivity index (χ3v) is 1.87. The van der Waals surface area contributed by atoms with Gasteiger partial charge in [-0.05, 0) is 24.3 Å². The van der Waals surface area contributed by atoms with E-state index >= 15 is 0 Å². The van der Waals surface area contributed by atoms with Gasteiger partial charge in [0.1, 0.15) is 6.61 Å². The van der Waals surface area contributed by atoms with Crippen LogP contribution in [0.1, 0.15) is 5.56 Å². The lowest BCUT2D eigenvalue weighted by atomic mass is 10.2. The molecule has 0 fully saturated rings. The maximum Gasteiger partial charge on any atom is 0.240 e. The summed E-state index contributed by atoms with van der Waals surface area (Å²) < 4.78 is 5.28. The fourth-order valence-corrected chi connectivity index (χ4v) is 1.24. The minimum Gasteiger partial charge on any atom is -0.476 e. The molecule has 0 aromatic heterocycles. The van der Waals surface area contributed by atoms with E-state index < -0.39 is 0 Å².